The lowest BCUT2D eigenvalue weighted by molar-refractivity contribution is -0.178. The molecule has 0 spiro atoms. The number of Topliss-reactive ketones (excluding diaryl/α,β-unsaturated/α-hetero) is 1. The third-order valence-electron chi connectivity index (χ3n) is 5.39. The fourth-order valence-corrected chi connectivity index (χ4v) is 4.15. The Morgan fingerprint density at radius 3 is 2.70 bits per heavy atom. The van der Waals surface area contributed by atoms with Crippen LogP contribution in [-0.4, -0.2) is 22.5 Å². The van der Waals surface area contributed by atoms with Gasteiger partial charge >= 0.3 is 5.97 Å². The molecule has 1 heterocycles. The molecule has 23 heavy (non-hydrogen) atoms. The Bertz CT molecular complexity index is 598. The van der Waals surface area contributed by atoms with Crippen LogP contribution in [0.4, 0.5) is 0 Å². The fraction of sp³-hybridized carbons (Fsp3) is 0.579. The van der Waals surface area contributed by atoms with Crippen molar-refractivity contribution >= 4 is 11.8 Å². The van der Waals surface area contributed by atoms with Gasteiger partial charge in [-0.2, -0.15) is 0 Å². The van der Waals surface area contributed by atoms with E-state index in [-0.39, 0.29) is 24.1 Å². The highest BCUT2D eigenvalue weighted by Gasteiger charge is 2.47. The van der Waals surface area contributed by atoms with Gasteiger partial charge in [0.15, 0.2) is 0 Å². The van der Waals surface area contributed by atoms with Crippen molar-refractivity contribution in [3.8, 4) is 5.75 Å². The lowest BCUT2D eigenvalue weighted by Gasteiger charge is -2.41. The molecule has 2 aliphatic rings. The quantitative estimate of drug-likeness (QED) is 0.682. The van der Waals surface area contributed by atoms with Crippen molar-refractivity contribution < 1.29 is 19.4 Å². The molecule has 1 unspecified atom stereocenters. The lowest BCUT2D eigenvalue weighted by atomic mass is 9.76. The number of phenolic OH excluding ortho intramolecular Hbond substituents is 1. The first-order valence-electron chi connectivity index (χ1n) is 8.51. The minimum atomic E-state index is -0.668. The zero-order valence-corrected chi connectivity index (χ0v) is 13.6. The maximum atomic E-state index is 12.0. The van der Waals surface area contributed by atoms with Crippen molar-refractivity contribution in [1.29, 1.82) is 0 Å². The van der Waals surface area contributed by atoms with Crippen LogP contribution in [-0.2, 0) is 20.7 Å². The second-order valence-electron chi connectivity index (χ2n) is 7.00. The number of hydrogen-bond donors (Lipinski definition) is 1. The minimum Gasteiger partial charge on any atom is -0.507 e. The fourth-order valence-electron chi connectivity index (χ4n) is 4.15. The number of carbonyl (C=O) groups excluding carboxylic acids is 2. The highest BCUT2D eigenvalue weighted by atomic mass is 16.6. The molecule has 4 nitrogen and oxygen atoms in total. The standard InChI is InChI=1S/C19H24O4/c1-13-5-4-6-14(18(13)22)9-10-19(15-7-2-3-8-15)12-16(20)11-17(21)23-19/h4-6,15,22H,2-3,7-12H2,1H3. The summed E-state index contributed by atoms with van der Waals surface area (Å²) in [6.45, 7) is 1.87. The van der Waals surface area contributed by atoms with Crippen molar-refractivity contribution in [2.24, 2.45) is 5.92 Å². The van der Waals surface area contributed by atoms with Gasteiger partial charge in [-0.15, -0.1) is 0 Å². The summed E-state index contributed by atoms with van der Waals surface area (Å²) >= 11 is 0. The Kier molecular flexibility index (Phi) is 4.42. The predicted molar refractivity (Wildman–Crippen MR) is 86.2 cm³/mol. The van der Waals surface area contributed by atoms with E-state index >= 15 is 0 Å². The first-order valence-corrected chi connectivity index (χ1v) is 8.51. The van der Waals surface area contributed by atoms with Gasteiger partial charge in [0.25, 0.3) is 0 Å². The molecule has 0 aromatic heterocycles. The number of esters is 1. The van der Waals surface area contributed by atoms with Crippen LogP contribution in [0.3, 0.4) is 0 Å². The van der Waals surface area contributed by atoms with Crippen LogP contribution >= 0.6 is 0 Å². The zero-order valence-electron chi connectivity index (χ0n) is 13.6. The van der Waals surface area contributed by atoms with E-state index in [1.54, 1.807) is 0 Å². The van der Waals surface area contributed by atoms with Gasteiger partial charge in [-0.1, -0.05) is 31.0 Å². The molecule has 1 saturated carbocycles. The van der Waals surface area contributed by atoms with E-state index in [1.807, 2.05) is 25.1 Å². The van der Waals surface area contributed by atoms with Gasteiger partial charge in [-0.3, -0.25) is 9.59 Å². The Morgan fingerprint density at radius 2 is 2.00 bits per heavy atom. The molecule has 1 aliphatic carbocycles. The van der Waals surface area contributed by atoms with Crippen molar-refractivity contribution in [3.63, 3.8) is 0 Å². The summed E-state index contributed by atoms with van der Waals surface area (Å²) in [5.74, 6) is 0.174. The number of ketones is 1. The van der Waals surface area contributed by atoms with Crippen LogP contribution in [0.5, 0.6) is 5.75 Å². The third-order valence-corrected chi connectivity index (χ3v) is 5.39. The second-order valence-corrected chi connectivity index (χ2v) is 7.00. The lowest BCUT2D eigenvalue weighted by Crippen LogP contribution is -2.48. The van der Waals surface area contributed by atoms with Crippen molar-refractivity contribution in [1.82, 2.24) is 0 Å². The van der Waals surface area contributed by atoms with Gasteiger partial charge in [0.05, 0.1) is 0 Å². The Balaban J connectivity index is 1.82. The molecule has 124 valence electrons. The van der Waals surface area contributed by atoms with Crippen LogP contribution in [0.25, 0.3) is 0 Å². The van der Waals surface area contributed by atoms with Crippen LogP contribution < -0.4 is 0 Å². The van der Waals surface area contributed by atoms with E-state index in [4.69, 9.17) is 4.74 Å². The zero-order chi connectivity index (χ0) is 16.4. The van der Waals surface area contributed by atoms with E-state index in [1.165, 1.54) is 0 Å². The molecular weight excluding hydrogens is 292 g/mol. The van der Waals surface area contributed by atoms with Crippen LogP contribution in [0.1, 0.15) is 56.1 Å². The monoisotopic (exact) mass is 316 g/mol. The minimum absolute atomic E-state index is 0.0124. The van der Waals surface area contributed by atoms with Crippen molar-refractivity contribution in [3.05, 3.63) is 29.3 Å². The molecule has 1 aliphatic heterocycles. The number of para-hydroxylation sites is 1. The topological polar surface area (TPSA) is 63.6 Å². The van der Waals surface area contributed by atoms with Gasteiger partial charge < -0.3 is 9.84 Å². The maximum Gasteiger partial charge on any atom is 0.313 e. The number of phenols is 1. The summed E-state index contributed by atoms with van der Waals surface area (Å²) in [5, 5.41) is 10.2. The molecule has 1 N–H and O–H groups in total. The third kappa shape index (κ3) is 3.26. The van der Waals surface area contributed by atoms with E-state index in [0.717, 1.165) is 36.8 Å². The molecule has 1 atom stereocenters. The molecule has 0 bridgehead atoms. The number of aromatic hydroxyl groups is 1. The van der Waals surface area contributed by atoms with E-state index < -0.39 is 5.60 Å². The molecular formula is C19H24O4. The van der Waals surface area contributed by atoms with E-state index in [0.29, 0.717) is 25.0 Å². The maximum absolute atomic E-state index is 12.0. The Morgan fingerprint density at radius 1 is 1.26 bits per heavy atom. The SMILES string of the molecule is Cc1cccc(CCC2(C3CCCC3)CC(=O)CC(=O)O2)c1O. The number of cyclic esters (lactones) is 1. The molecule has 0 radical (unpaired) electrons. The van der Waals surface area contributed by atoms with Gasteiger partial charge in [0, 0.05) is 6.42 Å². The van der Waals surface area contributed by atoms with Gasteiger partial charge in [0.2, 0.25) is 0 Å². The van der Waals surface area contributed by atoms with E-state index in [9.17, 15) is 14.7 Å². The number of rotatable bonds is 4. The molecule has 1 saturated heterocycles. The summed E-state index contributed by atoms with van der Waals surface area (Å²) in [6, 6.07) is 5.69. The highest BCUT2D eigenvalue weighted by Crippen LogP contribution is 2.44. The van der Waals surface area contributed by atoms with Crippen LogP contribution in [0, 0.1) is 12.8 Å². The summed E-state index contributed by atoms with van der Waals surface area (Å²) in [5.41, 5.74) is 1.03. The second kappa shape index (κ2) is 6.34. The number of ether oxygens (including phenoxy) is 1. The summed E-state index contributed by atoms with van der Waals surface area (Å²) in [7, 11) is 0. The average molecular weight is 316 g/mol. The molecule has 1 aromatic rings. The number of aryl methyl sites for hydroxylation is 2. The smallest absolute Gasteiger partial charge is 0.313 e. The Hall–Kier alpha value is -1.84. The average Bonchev–Trinajstić information content (AvgIpc) is 3.03. The first kappa shape index (κ1) is 16.0. The van der Waals surface area contributed by atoms with Crippen molar-refractivity contribution in [2.45, 2.75) is 63.9 Å². The number of benzene rings is 1. The number of carbonyl (C=O) groups is 2. The van der Waals surface area contributed by atoms with Gasteiger partial charge in [0.1, 0.15) is 23.6 Å². The number of hydrogen-bond acceptors (Lipinski definition) is 4. The normalized spacial score (nSPS) is 25.6. The molecule has 4 heteroatoms. The summed E-state index contributed by atoms with van der Waals surface area (Å²) < 4.78 is 5.78. The largest absolute Gasteiger partial charge is 0.507 e. The highest BCUT2D eigenvalue weighted by molar-refractivity contribution is 5.98. The predicted octanol–water partition coefficient (Wildman–Crippen LogP) is 3.47. The summed E-state index contributed by atoms with van der Waals surface area (Å²) in [4.78, 5) is 23.9. The van der Waals surface area contributed by atoms with E-state index in [2.05, 4.69) is 0 Å². The van der Waals surface area contributed by atoms with Crippen molar-refractivity contribution in [2.75, 3.05) is 0 Å². The molecule has 2 fully saturated rings. The Labute approximate surface area is 136 Å². The molecule has 0 amide bonds. The van der Waals surface area contributed by atoms with Crippen LogP contribution in [0.15, 0.2) is 18.2 Å². The van der Waals surface area contributed by atoms with Crippen LogP contribution in [0.2, 0.25) is 0 Å². The van der Waals surface area contributed by atoms with Gasteiger partial charge in [-0.25, -0.2) is 0 Å². The first-order chi connectivity index (χ1) is 11.0. The molecule has 3 rings (SSSR count). The van der Waals surface area contributed by atoms with Gasteiger partial charge in [-0.05, 0) is 49.7 Å². The molecule has 1 aromatic carbocycles. The summed E-state index contributed by atoms with van der Waals surface area (Å²) in [6.07, 6.45) is 5.75.